The molecule has 0 bridgehead atoms. The van der Waals surface area contributed by atoms with Gasteiger partial charge in [0.05, 0.1) is 13.2 Å². The van der Waals surface area contributed by atoms with E-state index in [1.165, 1.54) is 30.6 Å². The predicted octanol–water partition coefficient (Wildman–Crippen LogP) is 4.13. The molecule has 2 heterocycles. The molecule has 1 fully saturated rings. The largest absolute Gasteiger partial charge is 0.455 e. The van der Waals surface area contributed by atoms with Gasteiger partial charge in [-0.25, -0.2) is 0 Å². The van der Waals surface area contributed by atoms with Crippen LogP contribution in [0.2, 0.25) is 0 Å². The van der Waals surface area contributed by atoms with Crippen LogP contribution in [0.4, 0.5) is 27.6 Å². The molecule has 1 aliphatic heterocycles. The summed E-state index contributed by atoms with van der Waals surface area (Å²) in [5.41, 5.74) is 8.04. The molecule has 0 spiro atoms. The predicted molar refractivity (Wildman–Crippen MR) is 131 cm³/mol. The number of carbonyl (C=O) groups excluding carboxylic acids is 1. The number of rotatable bonds is 9. The fraction of sp³-hybridized carbons (Fsp3) is 0.320. The van der Waals surface area contributed by atoms with E-state index in [1.54, 1.807) is 12.1 Å². The van der Waals surface area contributed by atoms with E-state index in [0.717, 1.165) is 37.6 Å². The van der Waals surface area contributed by atoms with Gasteiger partial charge in [0.15, 0.2) is 0 Å². The maximum atomic E-state index is 13.1. The molecule has 1 aromatic heterocycles. The third kappa shape index (κ3) is 8.19. The Hall–Kier alpha value is -3.64. The van der Waals surface area contributed by atoms with Crippen molar-refractivity contribution in [3.8, 4) is 0 Å². The molecule has 0 saturated carbocycles. The number of pyridine rings is 1. The molecule has 37 heavy (non-hydrogen) atoms. The molecule has 3 N–H and O–H groups in total. The summed E-state index contributed by atoms with van der Waals surface area (Å²) in [6.07, 6.45) is 1.56. The molecule has 198 valence electrons. The molecular weight excluding hydrogens is 497 g/mol. The molecule has 12 heteroatoms. The first-order chi connectivity index (χ1) is 17.6. The Labute approximate surface area is 210 Å². The van der Waals surface area contributed by atoms with E-state index in [2.05, 4.69) is 20.2 Å². The number of carbonyl (C=O) groups is 1. The maximum Gasteiger partial charge on any atom is 0.455 e. The van der Waals surface area contributed by atoms with Gasteiger partial charge in [-0.1, -0.05) is 12.1 Å². The van der Waals surface area contributed by atoms with Gasteiger partial charge >= 0.3 is 12.1 Å². The zero-order chi connectivity index (χ0) is 26.9. The lowest BCUT2D eigenvalue weighted by molar-refractivity contribution is -0.276. The second-order valence-corrected chi connectivity index (χ2v) is 8.16. The van der Waals surface area contributed by atoms with Crippen LogP contribution in [0.3, 0.4) is 0 Å². The van der Waals surface area contributed by atoms with E-state index in [4.69, 9.17) is 10.5 Å². The van der Waals surface area contributed by atoms with Gasteiger partial charge in [-0.05, 0) is 35.4 Å². The minimum Gasteiger partial charge on any atom is -0.404 e. The number of nitrogens with zero attached hydrogens (tertiary/aromatic N) is 3. The van der Waals surface area contributed by atoms with Gasteiger partial charge in [0.25, 0.3) is 0 Å². The zero-order valence-corrected chi connectivity index (χ0v) is 19.7. The Bertz CT molecular complexity index is 1140. The number of hydrogen-bond donors (Lipinski definition) is 2. The summed E-state index contributed by atoms with van der Waals surface area (Å²) in [5.74, 6) is -5.41. The van der Waals surface area contributed by atoms with Crippen molar-refractivity contribution in [1.29, 1.82) is 0 Å². The molecule has 0 atom stereocenters. The van der Waals surface area contributed by atoms with Crippen LogP contribution in [0.15, 0.2) is 60.0 Å². The Balaban J connectivity index is 1.62. The van der Waals surface area contributed by atoms with Gasteiger partial charge in [-0.15, -0.1) is 0 Å². The van der Waals surface area contributed by atoms with Gasteiger partial charge in [0.1, 0.15) is 6.54 Å². The van der Waals surface area contributed by atoms with Crippen molar-refractivity contribution >= 4 is 29.5 Å². The number of morpholine rings is 1. The highest BCUT2D eigenvalue weighted by molar-refractivity contribution is 6.11. The summed E-state index contributed by atoms with van der Waals surface area (Å²) >= 11 is 0. The highest BCUT2D eigenvalue weighted by atomic mass is 19.4. The van der Waals surface area contributed by atoms with Crippen molar-refractivity contribution in [2.24, 2.45) is 10.7 Å². The van der Waals surface area contributed by atoms with Crippen LogP contribution < -0.4 is 11.1 Å². The number of aromatic nitrogens is 1. The van der Waals surface area contributed by atoms with Crippen LogP contribution in [0.5, 0.6) is 0 Å². The first-order valence-electron chi connectivity index (χ1n) is 11.3. The van der Waals surface area contributed by atoms with Crippen LogP contribution in [0, 0.1) is 0 Å². The summed E-state index contributed by atoms with van der Waals surface area (Å²) in [5, 5.41) is 2.74. The lowest BCUT2D eigenvalue weighted by Crippen LogP contribution is -2.39. The smallest absolute Gasteiger partial charge is 0.404 e. The van der Waals surface area contributed by atoms with E-state index in [9.17, 15) is 26.7 Å². The van der Waals surface area contributed by atoms with Crippen LogP contribution in [0.25, 0.3) is 11.6 Å². The molecule has 1 aliphatic rings. The number of anilines is 1. The molecule has 0 radical (unpaired) electrons. The van der Waals surface area contributed by atoms with Gasteiger partial charge in [-0.3, -0.25) is 19.7 Å². The fourth-order valence-electron chi connectivity index (χ4n) is 3.41. The highest BCUT2D eigenvalue weighted by Crippen LogP contribution is 2.35. The van der Waals surface area contributed by atoms with E-state index in [0.29, 0.717) is 30.0 Å². The Morgan fingerprint density at radius 2 is 1.84 bits per heavy atom. The number of amides is 1. The highest BCUT2D eigenvalue weighted by Gasteiger charge is 2.57. The molecule has 2 aromatic rings. The normalized spacial score (nSPS) is 16.0. The number of allylic oxidation sites excluding steroid dienone is 1. The average molecular weight is 524 g/mol. The van der Waals surface area contributed by atoms with Gasteiger partial charge in [0.2, 0.25) is 5.91 Å². The molecular formula is C25H26F5N5O2. The number of aliphatic imine (C=N–C) groups is 1. The van der Waals surface area contributed by atoms with Crippen LogP contribution >= 0.6 is 0 Å². The zero-order valence-electron chi connectivity index (χ0n) is 19.7. The Morgan fingerprint density at radius 1 is 1.14 bits per heavy atom. The van der Waals surface area contributed by atoms with Crippen LogP contribution in [0.1, 0.15) is 16.7 Å². The third-order valence-corrected chi connectivity index (χ3v) is 5.42. The average Bonchev–Trinajstić information content (AvgIpc) is 2.87. The van der Waals surface area contributed by atoms with Crippen molar-refractivity contribution < 1.29 is 31.5 Å². The van der Waals surface area contributed by atoms with Gasteiger partial charge in [-0.2, -0.15) is 22.0 Å². The quantitative estimate of drug-likeness (QED) is 0.293. The molecule has 3 rings (SSSR count). The number of alkyl halides is 5. The molecule has 7 nitrogen and oxygen atoms in total. The number of nitrogens with two attached hydrogens (primary N) is 1. The van der Waals surface area contributed by atoms with Crippen LogP contribution in [-0.4, -0.2) is 67.0 Å². The second kappa shape index (κ2) is 12.5. The lowest BCUT2D eigenvalue weighted by atomic mass is 10.0. The number of benzene rings is 1. The molecule has 1 aromatic carbocycles. The summed E-state index contributed by atoms with van der Waals surface area (Å²) in [6, 6.07) is 8.90. The van der Waals surface area contributed by atoms with Crippen molar-refractivity contribution in [3.63, 3.8) is 0 Å². The Kier molecular flexibility index (Phi) is 9.48. The number of hydrogen-bond acceptors (Lipinski definition) is 6. The standard InChI is InChI=1S/C25H26F5N5O2/c26-24(27,25(28,29)30)17-33-15-20(13-31)22-7-8-32-14-19(22)3-6-23(36)34-21-4-1-18(2-5-21)16-35-9-11-37-12-10-35/h1-8,13-15H,9-12,16-17,31H2,(H,34,36)/b6-3+,20-13?,33-15?. The monoisotopic (exact) mass is 523 g/mol. The molecule has 0 aliphatic carbocycles. The molecule has 1 saturated heterocycles. The van der Waals surface area contributed by atoms with E-state index in [-0.39, 0.29) is 5.57 Å². The van der Waals surface area contributed by atoms with Gasteiger partial charge < -0.3 is 15.8 Å². The summed E-state index contributed by atoms with van der Waals surface area (Å²) in [7, 11) is 0. The molecule has 1 amide bonds. The first-order valence-corrected chi connectivity index (χ1v) is 11.3. The first kappa shape index (κ1) is 27.9. The van der Waals surface area contributed by atoms with Crippen LogP contribution in [-0.2, 0) is 16.1 Å². The van der Waals surface area contributed by atoms with Crippen molar-refractivity contribution in [3.05, 3.63) is 71.7 Å². The fourth-order valence-corrected chi connectivity index (χ4v) is 3.41. The van der Waals surface area contributed by atoms with Gasteiger partial charge in [0, 0.05) is 67.3 Å². The summed E-state index contributed by atoms with van der Waals surface area (Å²) in [4.78, 5) is 21.9. The SMILES string of the molecule is NC=C(C=NCC(F)(F)C(F)(F)F)c1ccncc1/C=C/C(=O)Nc1ccc(CN2CCOCC2)cc1. The third-order valence-electron chi connectivity index (χ3n) is 5.42. The number of nitrogens with one attached hydrogen (secondary N) is 1. The van der Waals surface area contributed by atoms with E-state index in [1.807, 2.05) is 12.1 Å². The lowest BCUT2D eigenvalue weighted by Gasteiger charge is -2.26. The minimum absolute atomic E-state index is 0.0799. The van der Waals surface area contributed by atoms with Crippen molar-refractivity contribution in [2.75, 3.05) is 38.2 Å². The minimum atomic E-state index is -5.71. The maximum absolute atomic E-state index is 13.1. The van der Waals surface area contributed by atoms with Crippen molar-refractivity contribution in [2.45, 2.75) is 18.6 Å². The van der Waals surface area contributed by atoms with E-state index >= 15 is 0 Å². The van der Waals surface area contributed by atoms with Crippen molar-refractivity contribution in [1.82, 2.24) is 9.88 Å². The molecule has 0 unspecified atom stereocenters. The topological polar surface area (TPSA) is 92.8 Å². The second-order valence-electron chi connectivity index (χ2n) is 8.16. The summed E-state index contributed by atoms with van der Waals surface area (Å²) < 4.78 is 68.6. The number of ether oxygens (including phenoxy) is 1. The Morgan fingerprint density at radius 3 is 2.49 bits per heavy atom. The summed E-state index contributed by atoms with van der Waals surface area (Å²) in [6.45, 7) is 2.16. The van der Waals surface area contributed by atoms with E-state index < -0.39 is 24.6 Å². The number of halogens is 5.